The van der Waals surface area contributed by atoms with Crippen molar-refractivity contribution in [2.24, 2.45) is 0 Å². The average Bonchev–Trinajstić information content (AvgIpc) is 3.00. The van der Waals surface area contributed by atoms with Gasteiger partial charge in [0.15, 0.2) is 0 Å². The Balaban J connectivity index is 1.77. The van der Waals surface area contributed by atoms with Crippen LogP contribution in [0.25, 0.3) is 0 Å². The number of nitrogens with zero attached hydrogens (tertiary/aromatic N) is 2. The van der Waals surface area contributed by atoms with Gasteiger partial charge in [0.25, 0.3) is 0 Å². The van der Waals surface area contributed by atoms with Gasteiger partial charge < -0.3 is 15.1 Å². The van der Waals surface area contributed by atoms with Gasteiger partial charge in [0, 0.05) is 37.9 Å². The molecule has 1 aliphatic heterocycles. The van der Waals surface area contributed by atoms with E-state index in [0.717, 1.165) is 19.6 Å². The van der Waals surface area contributed by atoms with Crippen LogP contribution in [0.4, 0.5) is 5.69 Å². The van der Waals surface area contributed by atoms with E-state index in [1.165, 1.54) is 43.7 Å². The van der Waals surface area contributed by atoms with Crippen LogP contribution in [0.3, 0.4) is 0 Å². The Morgan fingerprint density at radius 1 is 1.10 bits per heavy atom. The maximum Gasteiger partial charge on any atom is 0.0366 e. The lowest BCUT2D eigenvalue weighted by molar-refractivity contribution is 0.298. The van der Waals surface area contributed by atoms with Gasteiger partial charge in [0.05, 0.1) is 0 Å². The molecule has 1 aliphatic rings. The first-order valence-electron chi connectivity index (χ1n) is 8.52. The molecule has 0 radical (unpaired) electrons. The summed E-state index contributed by atoms with van der Waals surface area (Å²) in [6.07, 6.45) is 2.75. The van der Waals surface area contributed by atoms with E-state index in [9.17, 15) is 0 Å². The predicted molar refractivity (Wildman–Crippen MR) is 92.0 cm³/mol. The minimum Gasteiger partial charge on any atom is -0.372 e. The Morgan fingerprint density at radius 3 is 2.29 bits per heavy atom. The van der Waals surface area contributed by atoms with E-state index in [4.69, 9.17) is 0 Å². The molecule has 1 saturated heterocycles. The zero-order valence-corrected chi connectivity index (χ0v) is 13.9. The maximum absolute atomic E-state index is 3.65. The third-order valence-corrected chi connectivity index (χ3v) is 4.45. The van der Waals surface area contributed by atoms with Crippen molar-refractivity contribution in [3.05, 3.63) is 29.8 Å². The fourth-order valence-corrected chi connectivity index (χ4v) is 3.12. The van der Waals surface area contributed by atoms with Crippen LogP contribution < -0.4 is 10.2 Å². The molecule has 1 unspecified atom stereocenters. The van der Waals surface area contributed by atoms with Gasteiger partial charge in [-0.15, -0.1) is 0 Å². The Morgan fingerprint density at radius 2 is 1.71 bits per heavy atom. The zero-order chi connectivity index (χ0) is 15.1. The van der Waals surface area contributed by atoms with Crippen LogP contribution in [0.1, 0.15) is 39.2 Å². The summed E-state index contributed by atoms with van der Waals surface area (Å²) in [6, 6.07) is 9.56. The third-order valence-electron chi connectivity index (χ3n) is 4.45. The Kier molecular flexibility index (Phi) is 6.52. The molecule has 1 fully saturated rings. The quantitative estimate of drug-likeness (QED) is 0.793. The second-order valence-corrected chi connectivity index (χ2v) is 6.13. The normalized spacial score (nSPS) is 17.1. The Labute approximate surface area is 130 Å². The number of likely N-dealkylation sites (tertiary alicyclic amines) is 1. The molecule has 3 heteroatoms. The first-order valence-corrected chi connectivity index (χ1v) is 8.52. The SMILES string of the molecule is CCN(CC)c1ccc(CNC(C)CN2CCCC2)cc1. The van der Waals surface area contributed by atoms with Crippen molar-refractivity contribution >= 4 is 5.69 Å². The fraction of sp³-hybridized carbons (Fsp3) is 0.667. The summed E-state index contributed by atoms with van der Waals surface area (Å²) >= 11 is 0. The van der Waals surface area contributed by atoms with Crippen LogP contribution >= 0.6 is 0 Å². The standard InChI is InChI=1S/C18H31N3/c1-4-21(5-2)18-10-8-17(9-11-18)14-19-16(3)15-20-12-6-7-13-20/h8-11,16,19H,4-7,12-15H2,1-3H3. The molecule has 3 nitrogen and oxygen atoms in total. The fourth-order valence-electron chi connectivity index (χ4n) is 3.12. The van der Waals surface area contributed by atoms with Crippen molar-refractivity contribution in [3.63, 3.8) is 0 Å². The first-order chi connectivity index (χ1) is 10.2. The summed E-state index contributed by atoms with van der Waals surface area (Å²) in [5, 5.41) is 3.65. The first kappa shape index (κ1) is 16.3. The lowest BCUT2D eigenvalue weighted by Gasteiger charge is -2.22. The number of hydrogen-bond acceptors (Lipinski definition) is 3. The lowest BCUT2D eigenvalue weighted by Crippen LogP contribution is -2.37. The minimum atomic E-state index is 0.561. The molecule has 1 aromatic carbocycles. The smallest absolute Gasteiger partial charge is 0.0366 e. The Hall–Kier alpha value is -1.06. The number of hydrogen-bond donors (Lipinski definition) is 1. The van der Waals surface area contributed by atoms with E-state index in [0.29, 0.717) is 6.04 Å². The monoisotopic (exact) mass is 289 g/mol. The molecule has 2 rings (SSSR count). The molecule has 0 bridgehead atoms. The topological polar surface area (TPSA) is 18.5 Å². The molecule has 118 valence electrons. The van der Waals surface area contributed by atoms with Gasteiger partial charge in [-0.1, -0.05) is 12.1 Å². The minimum absolute atomic E-state index is 0.561. The molecule has 21 heavy (non-hydrogen) atoms. The second kappa shape index (κ2) is 8.40. The summed E-state index contributed by atoms with van der Waals surface area (Å²) < 4.78 is 0. The van der Waals surface area contributed by atoms with Crippen LogP contribution in [-0.2, 0) is 6.54 Å². The number of rotatable bonds is 8. The van der Waals surface area contributed by atoms with E-state index in [2.05, 4.69) is 60.2 Å². The van der Waals surface area contributed by atoms with Crippen molar-refractivity contribution in [3.8, 4) is 0 Å². The van der Waals surface area contributed by atoms with E-state index >= 15 is 0 Å². The van der Waals surface area contributed by atoms with Gasteiger partial charge >= 0.3 is 0 Å². The largest absolute Gasteiger partial charge is 0.372 e. The lowest BCUT2D eigenvalue weighted by atomic mass is 10.2. The number of benzene rings is 1. The van der Waals surface area contributed by atoms with Gasteiger partial charge in [-0.2, -0.15) is 0 Å². The highest BCUT2D eigenvalue weighted by molar-refractivity contribution is 5.47. The van der Waals surface area contributed by atoms with Crippen molar-refractivity contribution in [2.45, 2.75) is 46.2 Å². The average molecular weight is 289 g/mol. The summed E-state index contributed by atoms with van der Waals surface area (Å²) in [4.78, 5) is 4.95. The molecule has 1 atom stereocenters. The van der Waals surface area contributed by atoms with E-state index in [1.54, 1.807) is 0 Å². The second-order valence-electron chi connectivity index (χ2n) is 6.13. The maximum atomic E-state index is 3.65. The highest BCUT2D eigenvalue weighted by atomic mass is 15.2. The van der Waals surface area contributed by atoms with Gasteiger partial charge in [-0.05, 0) is 64.4 Å². The van der Waals surface area contributed by atoms with Crippen molar-refractivity contribution in [1.29, 1.82) is 0 Å². The Bertz CT molecular complexity index is 391. The van der Waals surface area contributed by atoms with Crippen LogP contribution in [0.15, 0.2) is 24.3 Å². The van der Waals surface area contributed by atoms with Crippen LogP contribution in [-0.4, -0.2) is 43.7 Å². The summed E-state index contributed by atoms with van der Waals surface area (Å²) in [7, 11) is 0. The molecule has 0 aliphatic carbocycles. The molecule has 1 heterocycles. The number of anilines is 1. The van der Waals surface area contributed by atoms with E-state index in [-0.39, 0.29) is 0 Å². The molecule has 0 aromatic heterocycles. The highest BCUT2D eigenvalue weighted by Crippen LogP contribution is 2.15. The van der Waals surface area contributed by atoms with Crippen LogP contribution in [0.2, 0.25) is 0 Å². The number of nitrogens with one attached hydrogen (secondary N) is 1. The predicted octanol–water partition coefficient (Wildman–Crippen LogP) is 3.11. The van der Waals surface area contributed by atoms with Crippen LogP contribution in [0, 0.1) is 0 Å². The summed E-state index contributed by atoms with van der Waals surface area (Å²) in [5.74, 6) is 0. The third kappa shape index (κ3) is 5.01. The molecule has 0 spiro atoms. The molecular formula is C18H31N3. The zero-order valence-electron chi connectivity index (χ0n) is 13.9. The highest BCUT2D eigenvalue weighted by Gasteiger charge is 2.14. The van der Waals surface area contributed by atoms with Crippen molar-refractivity contribution in [2.75, 3.05) is 37.6 Å². The summed E-state index contributed by atoms with van der Waals surface area (Å²) in [6.45, 7) is 13.6. The summed E-state index contributed by atoms with van der Waals surface area (Å²) in [5.41, 5.74) is 2.70. The molecular weight excluding hydrogens is 258 g/mol. The van der Waals surface area contributed by atoms with Crippen molar-refractivity contribution < 1.29 is 0 Å². The molecule has 1 N–H and O–H groups in total. The van der Waals surface area contributed by atoms with Gasteiger partial charge in [-0.3, -0.25) is 0 Å². The van der Waals surface area contributed by atoms with Gasteiger partial charge in [0.2, 0.25) is 0 Å². The molecule has 0 amide bonds. The van der Waals surface area contributed by atoms with Crippen LogP contribution in [0.5, 0.6) is 0 Å². The molecule has 1 aromatic rings. The van der Waals surface area contributed by atoms with E-state index < -0.39 is 0 Å². The van der Waals surface area contributed by atoms with Gasteiger partial charge in [-0.25, -0.2) is 0 Å². The van der Waals surface area contributed by atoms with E-state index in [1.807, 2.05) is 0 Å². The molecule has 0 saturated carbocycles. The van der Waals surface area contributed by atoms with Gasteiger partial charge in [0.1, 0.15) is 0 Å². The van der Waals surface area contributed by atoms with Crippen molar-refractivity contribution in [1.82, 2.24) is 10.2 Å².